The fraction of sp³-hybridized carbons (Fsp3) is 0.867. The largest absolute Gasteiger partial charge is 0.444 e. The standard InChI is InChI=1S/C15H26N2O3/c1-10-8-12(10)13(18)17-7-6-16(9-11(17)2)14(19)20-15(3,4)5/h10-12H,6-9H2,1-5H3/t10-,11?,12-/m1/s1. The van der Waals surface area contributed by atoms with Gasteiger partial charge in [-0.2, -0.15) is 0 Å². The Hall–Kier alpha value is -1.26. The van der Waals surface area contributed by atoms with E-state index >= 15 is 0 Å². The molecule has 2 rings (SSSR count). The Morgan fingerprint density at radius 1 is 1.15 bits per heavy atom. The first-order valence-corrected chi connectivity index (χ1v) is 7.47. The van der Waals surface area contributed by atoms with Crippen molar-refractivity contribution in [1.82, 2.24) is 9.80 Å². The maximum Gasteiger partial charge on any atom is 0.410 e. The van der Waals surface area contributed by atoms with Gasteiger partial charge in [-0.15, -0.1) is 0 Å². The van der Waals surface area contributed by atoms with Gasteiger partial charge in [0.25, 0.3) is 0 Å². The average Bonchev–Trinajstić information content (AvgIpc) is 3.03. The number of carbonyl (C=O) groups excluding carboxylic acids is 2. The maximum atomic E-state index is 12.3. The molecule has 2 amide bonds. The van der Waals surface area contributed by atoms with Crippen LogP contribution >= 0.6 is 0 Å². The van der Waals surface area contributed by atoms with Crippen LogP contribution in [-0.2, 0) is 9.53 Å². The minimum atomic E-state index is -0.475. The van der Waals surface area contributed by atoms with Crippen molar-refractivity contribution in [3.63, 3.8) is 0 Å². The van der Waals surface area contributed by atoms with E-state index in [1.807, 2.05) is 32.6 Å². The van der Waals surface area contributed by atoms with E-state index < -0.39 is 5.60 Å². The van der Waals surface area contributed by atoms with Gasteiger partial charge in [-0.1, -0.05) is 6.92 Å². The minimum Gasteiger partial charge on any atom is -0.444 e. The molecule has 2 fully saturated rings. The molecule has 20 heavy (non-hydrogen) atoms. The summed E-state index contributed by atoms with van der Waals surface area (Å²) in [5.41, 5.74) is -0.475. The summed E-state index contributed by atoms with van der Waals surface area (Å²) in [6.45, 7) is 11.4. The second-order valence-corrected chi connectivity index (χ2v) is 7.13. The predicted molar refractivity (Wildman–Crippen MR) is 76.3 cm³/mol. The molecule has 5 nitrogen and oxygen atoms in total. The van der Waals surface area contributed by atoms with Gasteiger partial charge in [0.2, 0.25) is 5.91 Å². The van der Waals surface area contributed by atoms with Gasteiger partial charge in [0.05, 0.1) is 0 Å². The molecule has 1 unspecified atom stereocenters. The van der Waals surface area contributed by atoms with Crippen LogP contribution in [0.1, 0.15) is 41.0 Å². The molecule has 2 aliphatic rings. The Morgan fingerprint density at radius 3 is 2.20 bits per heavy atom. The summed E-state index contributed by atoms with van der Waals surface area (Å²) in [5.74, 6) is 0.998. The summed E-state index contributed by atoms with van der Waals surface area (Å²) in [4.78, 5) is 27.9. The molecule has 0 radical (unpaired) electrons. The summed E-state index contributed by atoms with van der Waals surface area (Å²) >= 11 is 0. The van der Waals surface area contributed by atoms with E-state index in [0.717, 1.165) is 6.42 Å². The third-order valence-corrected chi connectivity index (χ3v) is 3.99. The molecule has 0 spiro atoms. The smallest absolute Gasteiger partial charge is 0.410 e. The first-order valence-electron chi connectivity index (χ1n) is 7.47. The van der Waals surface area contributed by atoms with Gasteiger partial charge < -0.3 is 14.5 Å². The first kappa shape index (κ1) is 15.1. The fourth-order valence-corrected chi connectivity index (χ4v) is 2.66. The Labute approximate surface area is 121 Å². The number of rotatable bonds is 1. The maximum absolute atomic E-state index is 12.3. The fourth-order valence-electron chi connectivity index (χ4n) is 2.66. The molecular weight excluding hydrogens is 256 g/mol. The zero-order valence-corrected chi connectivity index (χ0v) is 13.2. The highest BCUT2D eigenvalue weighted by Gasteiger charge is 2.43. The highest BCUT2D eigenvalue weighted by molar-refractivity contribution is 5.82. The van der Waals surface area contributed by atoms with Crippen molar-refractivity contribution in [3.05, 3.63) is 0 Å². The van der Waals surface area contributed by atoms with Crippen molar-refractivity contribution in [1.29, 1.82) is 0 Å². The lowest BCUT2D eigenvalue weighted by molar-refractivity contribution is -0.137. The van der Waals surface area contributed by atoms with E-state index in [-0.39, 0.29) is 24.0 Å². The lowest BCUT2D eigenvalue weighted by Crippen LogP contribution is -2.56. The molecule has 1 heterocycles. The van der Waals surface area contributed by atoms with E-state index in [0.29, 0.717) is 25.6 Å². The van der Waals surface area contributed by atoms with Gasteiger partial charge in [0.1, 0.15) is 5.60 Å². The summed E-state index contributed by atoms with van der Waals surface area (Å²) < 4.78 is 5.38. The van der Waals surface area contributed by atoms with Crippen molar-refractivity contribution in [2.75, 3.05) is 19.6 Å². The van der Waals surface area contributed by atoms with Gasteiger partial charge in [-0.25, -0.2) is 4.79 Å². The van der Waals surface area contributed by atoms with E-state index in [1.54, 1.807) is 4.90 Å². The zero-order chi connectivity index (χ0) is 15.1. The molecule has 0 N–H and O–H groups in total. The molecule has 0 aromatic rings. The van der Waals surface area contributed by atoms with Crippen LogP contribution in [0.25, 0.3) is 0 Å². The second-order valence-electron chi connectivity index (χ2n) is 7.13. The Morgan fingerprint density at radius 2 is 1.75 bits per heavy atom. The SMILES string of the molecule is CC1CN(C(=O)OC(C)(C)C)CCN1C(=O)[C@@H]1C[C@H]1C. The Kier molecular flexibility index (Phi) is 3.98. The second kappa shape index (κ2) is 5.26. The summed E-state index contributed by atoms with van der Waals surface area (Å²) in [6.07, 6.45) is 0.730. The molecular formula is C15H26N2O3. The number of hydrogen-bond acceptors (Lipinski definition) is 3. The van der Waals surface area contributed by atoms with Crippen LogP contribution in [0, 0.1) is 11.8 Å². The van der Waals surface area contributed by atoms with Crippen molar-refractivity contribution in [2.45, 2.75) is 52.7 Å². The lowest BCUT2D eigenvalue weighted by Gasteiger charge is -2.40. The van der Waals surface area contributed by atoms with Gasteiger partial charge in [-0.05, 0) is 40.0 Å². The van der Waals surface area contributed by atoms with Crippen LogP contribution in [0.5, 0.6) is 0 Å². The van der Waals surface area contributed by atoms with Crippen LogP contribution in [0.4, 0.5) is 4.79 Å². The molecule has 0 aromatic carbocycles. The first-order chi connectivity index (χ1) is 9.19. The monoisotopic (exact) mass is 282 g/mol. The van der Waals surface area contributed by atoms with Crippen LogP contribution in [-0.4, -0.2) is 53.1 Å². The Bertz CT molecular complexity index is 402. The summed E-state index contributed by atoms with van der Waals surface area (Å²) in [6, 6.07) is 0.0663. The van der Waals surface area contributed by atoms with Gasteiger partial charge in [-0.3, -0.25) is 4.79 Å². The number of ether oxygens (including phenoxy) is 1. The third-order valence-electron chi connectivity index (χ3n) is 3.99. The molecule has 1 aliphatic carbocycles. The number of amides is 2. The van der Waals surface area contributed by atoms with Crippen LogP contribution in [0.3, 0.4) is 0 Å². The summed E-state index contributed by atoms with van der Waals surface area (Å²) in [5, 5.41) is 0. The van der Waals surface area contributed by atoms with E-state index in [9.17, 15) is 9.59 Å². The van der Waals surface area contributed by atoms with E-state index in [1.165, 1.54) is 0 Å². The van der Waals surface area contributed by atoms with Crippen molar-refractivity contribution in [3.8, 4) is 0 Å². The van der Waals surface area contributed by atoms with Crippen molar-refractivity contribution in [2.24, 2.45) is 11.8 Å². The molecule has 114 valence electrons. The van der Waals surface area contributed by atoms with Crippen molar-refractivity contribution < 1.29 is 14.3 Å². The van der Waals surface area contributed by atoms with E-state index in [4.69, 9.17) is 4.74 Å². The molecule has 1 aliphatic heterocycles. The van der Waals surface area contributed by atoms with Crippen molar-refractivity contribution >= 4 is 12.0 Å². The van der Waals surface area contributed by atoms with Gasteiger partial charge in [0, 0.05) is 31.6 Å². The number of hydrogen-bond donors (Lipinski definition) is 0. The van der Waals surface area contributed by atoms with Gasteiger partial charge >= 0.3 is 6.09 Å². The number of piperazine rings is 1. The molecule has 0 bridgehead atoms. The molecule has 1 saturated carbocycles. The normalized spacial score (nSPS) is 30.1. The lowest BCUT2D eigenvalue weighted by atomic mass is 10.1. The highest BCUT2D eigenvalue weighted by atomic mass is 16.6. The van der Waals surface area contributed by atoms with Crippen LogP contribution in [0.2, 0.25) is 0 Å². The summed E-state index contributed by atoms with van der Waals surface area (Å²) in [7, 11) is 0. The highest BCUT2D eigenvalue weighted by Crippen LogP contribution is 2.39. The minimum absolute atomic E-state index is 0.0663. The predicted octanol–water partition coefficient (Wildman–Crippen LogP) is 2.11. The van der Waals surface area contributed by atoms with Gasteiger partial charge in [0.15, 0.2) is 0 Å². The van der Waals surface area contributed by atoms with E-state index in [2.05, 4.69) is 6.92 Å². The molecule has 5 heteroatoms. The molecule has 0 aromatic heterocycles. The number of nitrogens with zero attached hydrogens (tertiary/aromatic N) is 2. The number of carbonyl (C=O) groups is 2. The topological polar surface area (TPSA) is 49.9 Å². The Balaban J connectivity index is 1.89. The zero-order valence-electron chi connectivity index (χ0n) is 13.2. The quantitative estimate of drug-likeness (QED) is 0.740. The third kappa shape index (κ3) is 3.44. The average molecular weight is 282 g/mol. The molecule has 3 atom stereocenters. The van der Waals surface area contributed by atoms with Crippen LogP contribution < -0.4 is 0 Å². The molecule has 1 saturated heterocycles. The van der Waals surface area contributed by atoms with Crippen LogP contribution in [0.15, 0.2) is 0 Å².